The fourth-order valence-electron chi connectivity index (χ4n) is 4.02. The summed E-state index contributed by atoms with van der Waals surface area (Å²) in [6.07, 6.45) is 3.90. The van der Waals surface area contributed by atoms with Crippen LogP contribution in [0.5, 0.6) is 5.88 Å². The molecule has 3 aromatic rings. The van der Waals surface area contributed by atoms with Crippen LogP contribution in [0.4, 0.5) is 18.9 Å². The van der Waals surface area contributed by atoms with Gasteiger partial charge in [-0.15, -0.1) is 0 Å². The number of imidazole rings is 1. The number of hydrogen-bond donors (Lipinski definition) is 2. The summed E-state index contributed by atoms with van der Waals surface area (Å²) in [6.45, 7) is 2.41. The molecular weight excluding hydrogens is 467 g/mol. The summed E-state index contributed by atoms with van der Waals surface area (Å²) in [5, 5.41) is 0. The van der Waals surface area contributed by atoms with Crippen molar-refractivity contribution >= 4 is 11.6 Å². The molecule has 2 aliphatic rings. The number of rotatable bonds is 3. The van der Waals surface area contributed by atoms with Crippen LogP contribution in [0.1, 0.15) is 41.6 Å². The second kappa shape index (κ2) is 10.2. The number of ether oxygens (including phenoxy) is 1. The molecule has 10 nitrogen and oxygen atoms in total. The number of nitrogens with one attached hydrogen (secondary N) is 2. The molecule has 3 aromatic heterocycles. The number of H-pyrrole nitrogens is 2. The number of carbonyl (C=O) groups is 1. The second-order valence-electron chi connectivity index (χ2n) is 8.04. The molecule has 0 aromatic carbocycles. The number of hydrogen-bond acceptors (Lipinski definition) is 7. The predicted octanol–water partition coefficient (Wildman–Crippen LogP) is 2.65. The lowest BCUT2D eigenvalue weighted by molar-refractivity contribution is -0.139. The summed E-state index contributed by atoms with van der Waals surface area (Å²) in [4.78, 5) is 43.8. The van der Waals surface area contributed by atoms with Crippen molar-refractivity contribution in [1.29, 1.82) is 0 Å². The van der Waals surface area contributed by atoms with Crippen LogP contribution >= 0.6 is 0 Å². The second-order valence-corrected chi connectivity index (χ2v) is 8.04. The molecule has 0 unspecified atom stereocenters. The predicted molar refractivity (Wildman–Crippen MR) is 121 cm³/mol. The summed E-state index contributed by atoms with van der Waals surface area (Å²) in [6, 6.07) is 0.987. The first-order chi connectivity index (χ1) is 16.8. The highest BCUT2D eigenvalue weighted by Gasteiger charge is 2.36. The number of alkyl halides is 3. The number of nitrogens with zero attached hydrogens (tertiary/aromatic N) is 5. The summed E-state index contributed by atoms with van der Waals surface area (Å²) in [5.74, 6) is -0.400. The summed E-state index contributed by atoms with van der Waals surface area (Å²) in [7, 11) is 1.14. The third kappa shape index (κ3) is 5.44. The van der Waals surface area contributed by atoms with E-state index in [1.165, 1.54) is 18.9 Å². The van der Waals surface area contributed by atoms with Crippen molar-refractivity contribution < 1.29 is 24.1 Å². The first-order valence-corrected chi connectivity index (χ1v) is 11.0. The average Bonchev–Trinajstić information content (AvgIpc) is 3.58. The molecule has 35 heavy (non-hydrogen) atoms. The van der Waals surface area contributed by atoms with Crippen LogP contribution < -0.4 is 15.2 Å². The molecule has 2 N–H and O–H groups in total. The number of aromatic nitrogens is 5. The number of methoxy groups -OCH3 is 1. The van der Waals surface area contributed by atoms with E-state index in [9.17, 15) is 22.8 Å². The smallest absolute Gasteiger partial charge is 0.421 e. The molecule has 1 amide bonds. The Kier molecular flexibility index (Phi) is 7.03. The Morgan fingerprint density at radius 1 is 1.11 bits per heavy atom. The fourth-order valence-corrected chi connectivity index (χ4v) is 4.02. The van der Waals surface area contributed by atoms with Gasteiger partial charge in [-0.05, 0) is 18.9 Å². The molecule has 0 saturated carbocycles. The largest absolute Gasteiger partial charge is 0.481 e. The van der Waals surface area contributed by atoms with Crippen LogP contribution in [0.2, 0.25) is 0 Å². The van der Waals surface area contributed by atoms with Gasteiger partial charge in [0.1, 0.15) is 11.3 Å². The van der Waals surface area contributed by atoms with E-state index in [0.29, 0.717) is 29.9 Å². The third-order valence-electron chi connectivity index (χ3n) is 5.83. The quantitative estimate of drug-likeness (QED) is 0.576. The Morgan fingerprint density at radius 3 is 2.54 bits per heavy atom. The number of carbonyl (C=O) groups excluding carboxylic acids is 1. The molecule has 13 heteroatoms. The van der Waals surface area contributed by atoms with Crippen molar-refractivity contribution in [2.75, 3.05) is 31.6 Å². The zero-order valence-corrected chi connectivity index (χ0v) is 18.9. The van der Waals surface area contributed by atoms with E-state index in [4.69, 9.17) is 0 Å². The summed E-state index contributed by atoms with van der Waals surface area (Å²) >= 11 is 0. The number of pyridine rings is 1. The van der Waals surface area contributed by atoms with Crippen LogP contribution in [-0.2, 0) is 19.1 Å². The van der Waals surface area contributed by atoms with E-state index in [1.807, 2.05) is 4.90 Å². The van der Waals surface area contributed by atoms with E-state index in [0.717, 1.165) is 39.1 Å². The minimum absolute atomic E-state index is 0. The van der Waals surface area contributed by atoms with Crippen molar-refractivity contribution in [2.45, 2.75) is 32.0 Å². The molecule has 5 heterocycles. The molecule has 0 spiro atoms. The van der Waals surface area contributed by atoms with Gasteiger partial charge < -0.3 is 24.5 Å². The zero-order valence-electron chi connectivity index (χ0n) is 18.9. The van der Waals surface area contributed by atoms with Crippen LogP contribution in [0.25, 0.3) is 0 Å². The molecule has 0 radical (unpaired) electrons. The van der Waals surface area contributed by atoms with E-state index in [2.05, 4.69) is 29.7 Å². The van der Waals surface area contributed by atoms with Crippen molar-refractivity contribution in [3.63, 3.8) is 0 Å². The Morgan fingerprint density at radius 2 is 1.89 bits per heavy atom. The molecule has 0 atom stereocenters. The normalized spacial score (nSPS) is 15.3. The van der Waals surface area contributed by atoms with Crippen molar-refractivity contribution in [3.8, 4) is 5.88 Å². The van der Waals surface area contributed by atoms with Gasteiger partial charge in [0.25, 0.3) is 11.5 Å². The number of fused-ring (bicyclic) bond motifs is 1. The summed E-state index contributed by atoms with van der Waals surface area (Å²) < 4.78 is 43.9. The Labute approximate surface area is 199 Å². The van der Waals surface area contributed by atoms with Gasteiger partial charge in [-0.25, -0.2) is 15.0 Å². The number of amides is 1. The minimum atomic E-state index is -4.57. The van der Waals surface area contributed by atoms with Crippen molar-refractivity contribution in [1.82, 2.24) is 29.8 Å². The van der Waals surface area contributed by atoms with Crippen molar-refractivity contribution in [2.24, 2.45) is 0 Å². The fraction of sp³-hybridized carbons (Fsp3) is 0.409. The van der Waals surface area contributed by atoms with Gasteiger partial charge in [-0.1, -0.05) is 0 Å². The number of likely N-dealkylation sites (tertiary alicyclic amines) is 1. The molecule has 5 rings (SSSR count). The standard InChI is InChI=1S/C14H13F3N4O2.C8H11N3O.H2/c1-23-13-10(14(15,16)17)4-8(5-18-13)21-3-2-11-9(6-21)12(22)20-7-19-11;12-8(7-5-9-6-10-7)11-3-1-2-4-11;/h4-5,7H,2-3,6H2,1H3,(H,19,20,22);5-6H,1-4H2,(H,9,10);1H. The SMILES string of the molecule is COc1ncc(N2CCc3nc[nH]c(=O)c3C2)cc1C(F)(F)F.O=C(c1cnc[nH]1)N1CCCC1.[HH]. The Hall–Kier alpha value is -3.90. The monoisotopic (exact) mass is 493 g/mol. The third-order valence-corrected chi connectivity index (χ3v) is 5.83. The first-order valence-electron chi connectivity index (χ1n) is 11.0. The first kappa shape index (κ1) is 24.2. The molecule has 1 fully saturated rings. The lowest BCUT2D eigenvalue weighted by Crippen LogP contribution is -2.35. The average molecular weight is 493 g/mol. The van der Waals surface area contributed by atoms with Gasteiger partial charge in [0.15, 0.2) is 0 Å². The van der Waals surface area contributed by atoms with Gasteiger partial charge in [0.2, 0.25) is 5.88 Å². The zero-order chi connectivity index (χ0) is 25.0. The molecule has 2 aliphatic heterocycles. The van der Waals surface area contributed by atoms with Crippen LogP contribution in [0.3, 0.4) is 0 Å². The van der Waals surface area contributed by atoms with E-state index >= 15 is 0 Å². The van der Waals surface area contributed by atoms with Gasteiger partial charge in [0, 0.05) is 27.5 Å². The van der Waals surface area contributed by atoms with E-state index < -0.39 is 17.6 Å². The highest BCUT2D eigenvalue weighted by atomic mass is 19.4. The number of anilines is 1. The molecule has 0 bridgehead atoms. The Bertz CT molecular complexity index is 1230. The number of aromatic amines is 2. The highest BCUT2D eigenvalue weighted by Crippen LogP contribution is 2.37. The minimum Gasteiger partial charge on any atom is -0.481 e. The lowest BCUT2D eigenvalue weighted by atomic mass is 10.1. The van der Waals surface area contributed by atoms with Crippen molar-refractivity contribution in [3.05, 3.63) is 64.0 Å². The maximum atomic E-state index is 13.1. The maximum absolute atomic E-state index is 13.1. The topological polar surface area (TPSA) is 120 Å². The van der Waals surface area contributed by atoms with Crippen LogP contribution in [-0.4, -0.2) is 62.5 Å². The van der Waals surface area contributed by atoms with Crippen LogP contribution in [0, 0.1) is 0 Å². The van der Waals surface area contributed by atoms with E-state index in [-0.39, 0.29) is 25.1 Å². The number of halogens is 3. The highest BCUT2D eigenvalue weighted by molar-refractivity contribution is 5.92. The summed E-state index contributed by atoms with van der Waals surface area (Å²) in [5.41, 5.74) is 0.787. The van der Waals surface area contributed by atoms with E-state index in [1.54, 1.807) is 11.1 Å². The van der Waals surface area contributed by atoms with Gasteiger partial charge in [-0.2, -0.15) is 13.2 Å². The maximum Gasteiger partial charge on any atom is 0.421 e. The van der Waals surface area contributed by atoms with Gasteiger partial charge in [-0.3, -0.25) is 9.59 Å². The Balaban J connectivity index is 0.000000234. The molecule has 1 saturated heterocycles. The van der Waals surface area contributed by atoms with Gasteiger partial charge >= 0.3 is 6.18 Å². The lowest BCUT2D eigenvalue weighted by Gasteiger charge is -2.29. The molecular formula is C22H26F3N7O3. The van der Waals surface area contributed by atoms with Gasteiger partial charge in [0.05, 0.1) is 55.6 Å². The molecule has 188 valence electrons. The molecule has 0 aliphatic carbocycles. The van der Waals surface area contributed by atoms with Crippen LogP contribution in [0.15, 0.2) is 35.9 Å².